The summed E-state index contributed by atoms with van der Waals surface area (Å²) in [6.45, 7) is 2.92. The third-order valence-electron chi connectivity index (χ3n) is 0. The van der Waals surface area contributed by atoms with Crippen molar-refractivity contribution in [1.82, 2.24) is 0 Å². The molecule has 14 heavy (non-hydrogen) atoms. The molecule has 0 N–H and O–H groups in total. The van der Waals surface area contributed by atoms with Crippen LogP contribution in [-0.4, -0.2) is 41.8 Å². The minimum absolute atomic E-state index is 0. The maximum atomic E-state index is 8.89. The maximum absolute atomic E-state index is 8.89. The van der Waals surface area contributed by atoms with Crippen molar-refractivity contribution < 1.29 is 46.5 Å². The first-order chi connectivity index (χ1) is 5.20. The smallest absolute Gasteiger partial charge is 0.550 e. The Hall–Kier alpha value is -0.285. The van der Waals surface area contributed by atoms with Crippen LogP contribution in [0.1, 0.15) is 20.8 Å². The number of hydrogen-bond donors (Lipinski definition) is 0. The summed E-state index contributed by atoms with van der Waals surface area (Å²) in [5.41, 5.74) is 0. The van der Waals surface area contributed by atoms with Crippen molar-refractivity contribution in [3.8, 4) is 0 Å². The Kier molecular flexibility index (Phi) is 47.9. The Morgan fingerprint density at radius 3 is 0.714 bits per heavy atom. The third-order valence-corrected chi connectivity index (χ3v) is 0. The van der Waals surface area contributed by atoms with E-state index in [1.807, 2.05) is 0 Å². The fourth-order valence-electron chi connectivity index (χ4n) is 0. The zero-order valence-corrected chi connectivity index (χ0v) is 11.7. The van der Waals surface area contributed by atoms with Crippen LogP contribution in [0.25, 0.3) is 0 Å². The van der Waals surface area contributed by atoms with E-state index < -0.39 is 17.9 Å². The molecule has 0 aliphatic heterocycles. The Bertz CT molecular complexity index is 120. The van der Waals surface area contributed by atoms with Crippen molar-refractivity contribution >= 4 is 41.8 Å². The first-order valence-electron chi connectivity index (χ1n) is 2.72. The zero-order chi connectivity index (χ0) is 10.7. The molecule has 0 amide bonds. The molecule has 0 aliphatic carbocycles. The number of hydrogen-bond acceptors (Lipinski definition) is 6. The molecule has 0 saturated carbocycles. The molecule has 0 atom stereocenters. The fraction of sp³-hybridized carbons (Fsp3) is 0.500. The second kappa shape index (κ2) is 23.0. The van der Waals surface area contributed by atoms with Crippen LogP contribution < -0.4 is 15.3 Å². The number of carboxylic acids is 3. The van der Waals surface area contributed by atoms with Gasteiger partial charge < -0.3 is 29.7 Å². The van der Waals surface area contributed by atoms with Crippen LogP contribution in [0.4, 0.5) is 0 Å². The van der Waals surface area contributed by atoms with Crippen molar-refractivity contribution in [2.75, 3.05) is 0 Å². The number of carbonyl (C=O) groups is 3. The van der Waals surface area contributed by atoms with Crippen molar-refractivity contribution in [2.45, 2.75) is 20.8 Å². The van der Waals surface area contributed by atoms with Crippen LogP contribution in [0.15, 0.2) is 0 Å². The van der Waals surface area contributed by atoms with Gasteiger partial charge in [-0.3, -0.25) is 0 Å². The first kappa shape index (κ1) is 29.2. The molecule has 0 heterocycles. The van der Waals surface area contributed by atoms with E-state index >= 15 is 0 Å². The summed E-state index contributed by atoms with van der Waals surface area (Å²) in [5.74, 6) is -3.25. The van der Waals surface area contributed by atoms with Gasteiger partial charge in [0.2, 0.25) is 0 Å². The number of carboxylic acid groups (broad SMARTS) is 3. The molecule has 0 aromatic heterocycles. The number of rotatable bonds is 0. The summed E-state index contributed by atoms with van der Waals surface area (Å²) < 4.78 is 0. The third kappa shape index (κ3) is 16600. The Morgan fingerprint density at radius 1 is 0.714 bits per heavy atom. The predicted molar refractivity (Wildman–Crippen MR) is 37.8 cm³/mol. The van der Waals surface area contributed by atoms with Gasteiger partial charge in [-0.05, 0) is 20.8 Å². The van der Waals surface area contributed by atoms with Crippen molar-refractivity contribution in [3.63, 3.8) is 0 Å². The average Bonchev–Trinajstić information content (AvgIpc) is 1.54. The van der Waals surface area contributed by atoms with Crippen LogP contribution >= 0.6 is 0 Å². The topological polar surface area (TPSA) is 120 Å². The van der Waals surface area contributed by atoms with Crippen molar-refractivity contribution in [3.05, 3.63) is 0 Å². The molecular formula is C6H9CoO6Sn+3. The minimum Gasteiger partial charge on any atom is -0.550 e. The van der Waals surface area contributed by atoms with Gasteiger partial charge in [0.1, 0.15) is 0 Å². The molecule has 1 radical (unpaired) electrons. The van der Waals surface area contributed by atoms with E-state index in [4.69, 9.17) is 29.7 Å². The summed E-state index contributed by atoms with van der Waals surface area (Å²) in [6.07, 6.45) is 0. The zero-order valence-electron chi connectivity index (χ0n) is 7.78. The van der Waals surface area contributed by atoms with Crippen LogP contribution in [0, 0.1) is 0 Å². The average molecular weight is 355 g/mol. The van der Waals surface area contributed by atoms with Gasteiger partial charge in [0.15, 0.2) is 0 Å². The van der Waals surface area contributed by atoms with E-state index in [-0.39, 0.29) is 40.7 Å². The Morgan fingerprint density at radius 2 is 0.714 bits per heavy atom. The molecule has 0 unspecified atom stereocenters. The van der Waals surface area contributed by atoms with Crippen molar-refractivity contribution in [2.24, 2.45) is 0 Å². The summed E-state index contributed by atoms with van der Waals surface area (Å²) >= 11 is 0. The molecule has 0 aromatic carbocycles. The van der Waals surface area contributed by atoms with E-state index in [9.17, 15) is 0 Å². The van der Waals surface area contributed by atoms with E-state index in [0.717, 1.165) is 20.8 Å². The summed E-state index contributed by atoms with van der Waals surface area (Å²) in [7, 11) is 0. The van der Waals surface area contributed by atoms with Crippen LogP contribution in [0.5, 0.6) is 0 Å². The van der Waals surface area contributed by atoms with E-state index in [0.29, 0.717) is 0 Å². The molecule has 0 saturated heterocycles. The van der Waals surface area contributed by atoms with Gasteiger partial charge in [0.05, 0.1) is 0 Å². The molecule has 0 bridgehead atoms. The molecule has 8 heteroatoms. The largest absolute Gasteiger partial charge is 4.00 e. The molecule has 0 aliphatic rings. The van der Waals surface area contributed by atoms with E-state index in [1.54, 1.807) is 0 Å². The maximum Gasteiger partial charge on any atom is 4.00 e. The SMILES string of the molecule is CC(=O)[O-].CC(=O)[O-].CC(=O)[O-].[Co+2].[Sn+4]. The van der Waals surface area contributed by atoms with Gasteiger partial charge >= 0.3 is 40.7 Å². The quantitative estimate of drug-likeness (QED) is 0.408. The predicted octanol–water partition coefficient (Wildman–Crippen LogP) is -4.11. The summed E-state index contributed by atoms with van der Waals surface area (Å²) in [5, 5.41) is 26.7. The number of carbonyl (C=O) groups excluding carboxylic acids is 3. The van der Waals surface area contributed by atoms with Crippen LogP contribution in [0.3, 0.4) is 0 Å². The molecule has 0 aromatic rings. The van der Waals surface area contributed by atoms with Gasteiger partial charge in [0.25, 0.3) is 0 Å². The van der Waals surface area contributed by atoms with E-state index in [1.165, 1.54) is 0 Å². The second-order valence-corrected chi connectivity index (χ2v) is 1.47. The van der Waals surface area contributed by atoms with Gasteiger partial charge in [-0.2, -0.15) is 0 Å². The summed E-state index contributed by atoms with van der Waals surface area (Å²) in [4.78, 5) is 26.7. The second-order valence-electron chi connectivity index (χ2n) is 1.47. The summed E-state index contributed by atoms with van der Waals surface area (Å²) in [6, 6.07) is 0. The Balaban J connectivity index is -0.0000000270. The Labute approximate surface area is 109 Å². The molecular weight excluding hydrogens is 346 g/mol. The van der Waals surface area contributed by atoms with E-state index in [2.05, 4.69) is 0 Å². The molecule has 79 valence electrons. The van der Waals surface area contributed by atoms with Crippen LogP contribution in [0.2, 0.25) is 0 Å². The molecule has 0 rings (SSSR count). The normalized spacial score (nSPS) is 5.36. The standard InChI is InChI=1S/3C2H4O2.Co.Sn/c3*1-2(3)4;;/h3*1H3,(H,3,4);;/q;;;+2;+4/p-3. The van der Waals surface area contributed by atoms with Crippen molar-refractivity contribution in [1.29, 1.82) is 0 Å². The molecule has 0 spiro atoms. The molecule has 0 fully saturated rings. The van der Waals surface area contributed by atoms with Gasteiger partial charge in [-0.25, -0.2) is 0 Å². The fourth-order valence-corrected chi connectivity index (χ4v) is 0. The number of aliphatic carboxylic acids is 3. The van der Waals surface area contributed by atoms with Gasteiger partial charge in [0, 0.05) is 17.9 Å². The molecule has 6 nitrogen and oxygen atoms in total. The monoisotopic (exact) mass is 356 g/mol. The van der Waals surface area contributed by atoms with Gasteiger partial charge in [-0.1, -0.05) is 0 Å². The first-order valence-corrected chi connectivity index (χ1v) is 2.72. The minimum atomic E-state index is -1.08. The van der Waals surface area contributed by atoms with Crippen LogP contribution in [-0.2, 0) is 31.2 Å². The van der Waals surface area contributed by atoms with Gasteiger partial charge in [-0.15, -0.1) is 0 Å².